The molecule has 2 aromatic carbocycles. The van der Waals surface area contributed by atoms with E-state index in [1.54, 1.807) is 42.5 Å². The second-order valence-electron chi connectivity index (χ2n) is 6.27. The van der Waals surface area contributed by atoms with Crippen LogP contribution in [0.5, 0.6) is 0 Å². The van der Waals surface area contributed by atoms with E-state index in [4.69, 9.17) is 16.3 Å². The standard InChI is InChI=1S/C20H21ClN2O4S/c21-18-3-1-2-17(14-18)15-22-20(24)9-6-16-4-7-19(8-5-16)28(25,26)23-10-12-27-13-11-23/h1-9,14H,10-13,15H2,(H,22,24)/b9-6+. The Balaban J connectivity index is 1.58. The van der Waals surface area contributed by atoms with Gasteiger partial charge in [-0.1, -0.05) is 35.9 Å². The number of carbonyl (C=O) groups is 1. The molecular formula is C20H21ClN2O4S. The fourth-order valence-electron chi connectivity index (χ4n) is 2.75. The van der Waals surface area contributed by atoms with E-state index >= 15 is 0 Å². The van der Waals surface area contributed by atoms with Gasteiger partial charge in [-0.05, 0) is 41.5 Å². The fraction of sp³-hybridized carbons (Fsp3) is 0.250. The predicted molar refractivity (Wildman–Crippen MR) is 108 cm³/mol. The van der Waals surface area contributed by atoms with Gasteiger partial charge in [0.2, 0.25) is 15.9 Å². The first-order valence-corrected chi connectivity index (χ1v) is 10.7. The molecule has 6 nitrogen and oxygen atoms in total. The second kappa shape index (κ2) is 9.34. The van der Waals surface area contributed by atoms with Gasteiger partial charge in [0.15, 0.2) is 0 Å². The van der Waals surface area contributed by atoms with Crippen molar-refractivity contribution in [1.82, 2.24) is 9.62 Å². The molecule has 1 saturated heterocycles. The lowest BCUT2D eigenvalue weighted by Crippen LogP contribution is -2.40. The lowest BCUT2D eigenvalue weighted by Gasteiger charge is -2.26. The summed E-state index contributed by atoms with van der Waals surface area (Å²) in [7, 11) is -3.51. The van der Waals surface area contributed by atoms with Crippen LogP contribution in [0.2, 0.25) is 5.02 Å². The fourth-order valence-corrected chi connectivity index (χ4v) is 4.37. The molecule has 1 amide bonds. The number of benzene rings is 2. The van der Waals surface area contributed by atoms with Gasteiger partial charge in [-0.3, -0.25) is 4.79 Å². The first-order valence-electron chi connectivity index (χ1n) is 8.83. The number of sulfonamides is 1. The number of hydrogen-bond donors (Lipinski definition) is 1. The van der Waals surface area contributed by atoms with E-state index in [-0.39, 0.29) is 10.8 Å². The third-order valence-electron chi connectivity index (χ3n) is 4.27. The van der Waals surface area contributed by atoms with Crippen molar-refractivity contribution in [3.63, 3.8) is 0 Å². The highest BCUT2D eigenvalue weighted by molar-refractivity contribution is 7.89. The molecule has 8 heteroatoms. The van der Waals surface area contributed by atoms with Crippen molar-refractivity contribution < 1.29 is 17.9 Å². The van der Waals surface area contributed by atoms with Crippen molar-refractivity contribution in [1.29, 1.82) is 0 Å². The zero-order valence-electron chi connectivity index (χ0n) is 15.2. The van der Waals surface area contributed by atoms with Gasteiger partial charge in [-0.15, -0.1) is 0 Å². The molecule has 1 aliphatic heterocycles. The number of hydrogen-bond acceptors (Lipinski definition) is 4. The minimum Gasteiger partial charge on any atom is -0.379 e. The molecule has 1 N–H and O–H groups in total. The van der Waals surface area contributed by atoms with E-state index in [0.29, 0.717) is 37.9 Å². The highest BCUT2D eigenvalue weighted by atomic mass is 35.5. The molecule has 28 heavy (non-hydrogen) atoms. The van der Waals surface area contributed by atoms with Crippen LogP contribution in [0.4, 0.5) is 0 Å². The molecule has 1 aliphatic rings. The Labute approximate surface area is 169 Å². The Bertz CT molecular complexity index is 952. The van der Waals surface area contributed by atoms with Crippen LogP contribution in [0.3, 0.4) is 0 Å². The van der Waals surface area contributed by atoms with Crippen LogP contribution in [-0.2, 0) is 26.1 Å². The summed E-state index contributed by atoms with van der Waals surface area (Å²) in [5, 5.41) is 3.40. The molecule has 1 fully saturated rings. The zero-order chi connectivity index (χ0) is 20.0. The van der Waals surface area contributed by atoms with Gasteiger partial charge in [-0.2, -0.15) is 4.31 Å². The monoisotopic (exact) mass is 420 g/mol. The number of amides is 1. The molecule has 0 radical (unpaired) electrons. The molecule has 0 spiro atoms. The van der Waals surface area contributed by atoms with Crippen LogP contribution in [0, 0.1) is 0 Å². The van der Waals surface area contributed by atoms with Gasteiger partial charge >= 0.3 is 0 Å². The van der Waals surface area contributed by atoms with E-state index in [2.05, 4.69) is 5.32 Å². The number of ether oxygens (including phenoxy) is 1. The summed E-state index contributed by atoms with van der Waals surface area (Å²) < 4.78 is 31.8. The number of halogens is 1. The summed E-state index contributed by atoms with van der Waals surface area (Å²) in [6.45, 7) is 1.91. The minimum atomic E-state index is -3.51. The summed E-state index contributed by atoms with van der Waals surface area (Å²) in [5.74, 6) is -0.245. The molecule has 3 rings (SSSR count). The number of carbonyl (C=O) groups excluding carboxylic acids is 1. The molecule has 0 saturated carbocycles. The predicted octanol–water partition coefficient (Wildman–Crippen LogP) is 2.69. The first kappa shape index (κ1) is 20.5. The van der Waals surface area contributed by atoms with Gasteiger partial charge in [0.1, 0.15) is 0 Å². The zero-order valence-corrected chi connectivity index (χ0v) is 16.7. The summed E-state index contributed by atoms with van der Waals surface area (Å²) >= 11 is 5.92. The van der Waals surface area contributed by atoms with Crippen molar-refractivity contribution in [3.05, 3.63) is 70.8 Å². The summed E-state index contributed by atoms with van der Waals surface area (Å²) in [6.07, 6.45) is 3.05. The number of nitrogens with one attached hydrogen (secondary N) is 1. The quantitative estimate of drug-likeness (QED) is 0.729. The van der Waals surface area contributed by atoms with Crippen molar-refractivity contribution in [2.75, 3.05) is 26.3 Å². The maximum atomic E-state index is 12.6. The van der Waals surface area contributed by atoms with Crippen molar-refractivity contribution in [2.24, 2.45) is 0 Å². The molecule has 1 heterocycles. The van der Waals surface area contributed by atoms with Crippen molar-refractivity contribution in [3.8, 4) is 0 Å². The second-order valence-corrected chi connectivity index (χ2v) is 8.64. The van der Waals surface area contributed by atoms with E-state index in [1.165, 1.54) is 10.4 Å². The first-order chi connectivity index (χ1) is 13.4. The minimum absolute atomic E-state index is 0.233. The van der Waals surface area contributed by atoms with Crippen molar-refractivity contribution >= 4 is 33.6 Å². The third kappa shape index (κ3) is 5.42. The Hall–Kier alpha value is -2.19. The molecule has 0 atom stereocenters. The van der Waals surface area contributed by atoms with Crippen LogP contribution in [0.25, 0.3) is 6.08 Å². The van der Waals surface area contributed by atoms with Crippen LogP contribution in [0.15, 0.2) is 59.5 Å². The van der Waals surface area contributed by atoms with E-state index < -0.39 is 10.0 Å². The molecule has 0 aromatic heterocycles. The summed E-state index contributed by atoms with van der Waals surface area (Å²) in [4.78, 5) is 12.2. The Morgan fingerprint density at radius 2 is 1.86 bits per heavy atom. The Morgan fingerprint density at radius 1 is 1.14 bits per heavy atom. The third-order valence-corrected chi connectivity index (χ3v) is 6.42. The van der Waals surface area contributed by atoms with E-state index in [0.717, 1.165) is 11.1 Å². The number of morpholine rings is 1. The number of rotatable bonds is 6. The average Bonchev–Trinajstić information content (AvgIpc) is 2.72. The molecule has 0 unspecified atom stereocenters. The van der Waals surface area contributed by atoms with Gasteiger partial charge < -0.3 is 10.1 Å². The average molecular weight is 421 g/mol. The van der Waals surface area contributed by atoms with Crippen LogP contribution < -0.4 is 5.32 Å². The largest absolute Gasteiger partial charge is 0.379 e. The molecule has 0 aliphatic carbocycles. The SMILES string of the molecule is O=C(/C=C/c1ccc(S(=O)(=O)N2CCOCC2)cc1)NCc1cccc(Cl)c1. The van der Waals surface area contributed by atoms with Gasteiger partial charge in [0, 0.05) is 30.7 Å². The lowest BCUT2D eigenvalue weighted by molar-refractivity contribution is -0.116. The highest BCUT2D eigenvalue weighted by Crippen LogP contribution is 2.18. The maximum Gasteiger partial charge on any atom is 0.244 e. The maximum absolute atomic E-state index is 12.6. The van der Waals surface area contributed by atoms with Crippen LogP contribution in [-0.4, -0.2) is 44.9 Å². The number of nitrogens with zero attached hydrogens (tertiary/aromatic N) is 1. The molecule has 148 valence electrons. The Morgan fingerprint density at radius 3 is 2.54 bits per heavy atom. The van der Waals surface area contributed by atoms with Crippen molar-refractivity contribution in [2.45, 2.75) is 11.4 Å². The lowest BCUT2D eigenvalue weighted by atomic mass is 10.2. The molecule has 0 bridgehead atoms. The smallest absolute Gasteiger partial charge is 0.244 e. The van der Waals surface area contributed by atoms with Gasteiger partial charge in [0.05, 0.1) is 18.1 Å². The van der Waals surface area contributed by atoms with Crippen LogP contribution in [0.1, 0.15) is 11.1 Å². The summed E-state index contributed by atoms with van der Waals surface area (Å²) in [5.41, 5.74) is 1.64. The van der Waals surface area contributed by atoms with Gasteiger partial charge in [0.25, 0.3) is 0 Å². The summed E-state index contributed by atoms with van der Waals surface area (Å²) in [6, 6.07) is 13.7. The van der Waals surface area contributed by atoms with Gasteiger partial charge in [-0.25, -0.2) is 8.42 Å². The molecule has 2 aromatic rings. The Kier molecular flexibility index (Phi) is 6.85. The van der Waals surface area contributed by atoms with Crippen LogP contribution >= 0.6 is 11.6 Å². The van der Waals surface area contributed by atoms with E-state index in [1.807, 2.05) is 12.1 Å². The normalized spacial score (nSPS) is 15.6. The topological polar surface area (TPSA) is 75.7 Å². The van der Waals surface area contributed by atoms with E-state index in [9.17, 15) is 13.2 Å². The molecular weight excluding hydrogens is 400 g/mol. The highest BCUT2D eigenvalue weighted by Gasteiger charge is 2.25.